The van der Waals surface area contributed by atoms with E-state index in [2.05, 4.69) is 14.7 Å². The van der Waals surface area contributed by atoms with Crippen LogP contribution in [0, 0.1) is 0 Å². The molecule has 0 amide bonds. The molecule has 1 heterocycles. The third-order valence-electron chi connectivity index (χ3n) is 0.959. The van der Waals surface area contributed by atoms with Crippen molar-refractivity contribution in [3.8, 4) is 0 Å². The fourth-order valence-corrected chi connectivity index (χ4v) is 0.480. The number of aryl methyl sites for hydroxylation is 1. The monoisotopic (exact) mass is 148 g/mol. The molecule has 54 valence electrons. The van der Waals surface area contributed by atoms with Crippen molar-refractivity contribution in [3.63, 3.8) is 0 Å². The van der Waals surface area contributed by atoms with E-state index in [1.54, 1.807) is 6.92 Å². The van der Waals surface area contributed by atoms with Gasteiger partial charge >= 0.3 is 18.9 Å². The van der Waals surface area contributed by atoms with Gasteiger partial charge in [-0.25, -0.2) is 0 Å². The van der Waals surface area contributed by atoms with E-state index in [-0.39, 0.29) is 18.9 Å². The predicted molar refractivity (Wildman–Crippen MR) is 28.0 cm³/mol. The van der Waals surface area contributed by atoms with Crippen molar-refractivity contribution in [1.29, 1.82) is 0 Å². The molecule has 11 heavy (non-hydrogen) atoms. The summed E-state index contributed by atoms with van der Waals surface area (Å²) in [6.07, 6.45) is 0.552. The van der Waals surface area contributed by atoms with Crippen molar-refractivity contribution in [2.24, 2.45) is 0 Å². The van der Waals surface area contributed by atoms with E-state index in [1.807, 2.05) is 0 Å². The van der Waals surface area contributed by atoms with Crippen LogP contribution in [0.3, 0.4) is 0 Å². The summed E-state index contributed by atoms with van der Waals surface area (Å²) < 4.78 is 4.29. The SMILES string of the molecule is CCc1noc(C(=O)[O-])n1.[Li+]. The summed E-state index contributed by atoms with van der Waals surface area (Å²) in [4.78, 5) is 13.5. The van der Waals surface area contributed by atoms with Crippen LogP contribution in [0.4, 0.5) is 0 Å². The standard InChI is InChI=1S/C5H6N2O3.Li/c1-2-3-6-4(5(8)9)10-7-3;/h2H2,1H3,(H,8,9);/q;+1/p-1. The number of carbonyl (C=O) groups is 1. The summed E-state index contributed by atoms with van der Waals surface area (Å²) in [7, 11) is 0. The van der Waals surface area contributed by atoms with Gasteiger partial charge in [-0.05, 0) is 0 Å². The van der Waals surface area contributed by atoms with Gasteiger partial charge in [-0.1, -0.05) is 12.1 Å². The van der Waals surface area contributed by atoms with E-state index < -0.39 is 11.9 Å². The van der Waals surface area contributed by atoms with Crippen LogP contribution in [0.15, 0.2) is 4.52 Å². The molecular weight excluding hydrogens is 143 g/mol. The van der Waals surface area contributed by atoms with Crippen molar-refractivity contribution < 1.29 is 33.3 Å². The molecule has 0 spiro atoms. The normalized spacial score (nSPS) is 8.82. The minimum absolute atomic E-state index is 0. The summed E-state index contributed by atoms with van der Waals surface area (Å²) >= 11 is 0. The topological polar surface area (TPSA) is 79.0 Å². The maximum Gasteiger partial charge on any atom is 1.00 e. The van der Waals surface area contributed by atoms with Crippen LogP contribution in [-0.2, 0) is 6.42 Å². The molecule has 0 bridgehead atoms. The van der Waals surface area contributed by atoms with Crippen molar-refractivity contribution in [2.75, 3.05) is 0 Å². The average Bonchev–Trinajstić information content (AvgIpc) is 2.34. The van der Waals surface area contributed by atoms with Crippen molar-refractivity contribution in [3.05, 3.63) is 11.7 Å². The molecule has 0 N–H and O–H groups in total. The Bertz CT molecular complexity index is 248. The Balaban J connectivity index is 0.000001000. The van der Waals surface area contributed by atoms with Crippen molar-refractivity contribution >= 4 is 5.97 Å². The number of hydrogen-bond acceptors (Lipinski definition) is 5. The second kappa shape index (κ2) is 4.16. The van der Waals surface area contributed by atoms with Gasteiger partial charge in [0.2, 0.25) is 0 Å². The molecule has 1 aromatic rings. The molecule has 5 nitrogen and oxygen atoms in total. The number of carbonyl (C=O) groups excluding carboxylic acids is 1. The number of hydrogen-bond donors (Lipinski definition) is 0. The summed E-state index contributed by atoms with van der Waals surface area (Å²) in [5.74, 6) is -1.52. The van der Waals surface area contributed by atoms with E-state index in [0.29, 0.717) is 12.2 Å². The number of nitrogens with zero attached hydrogens (tertiary/aromatic N) is 2. The first kappa shape index (κ1) is 10.2. The predicted octanol–water partition coefficient (Wildman–Crippen LogP) is -4.00. The second-order valence-corrected chi connectivity index (χ2v) is 1.66. The molecule has 0 aliphatic rings. The molecule has 0 saturated heterocycles. The smallest absolute Gasteiger partial charge is 0.540 e. The van der Waals surface area contributed by atoms with Crippen LogP contribution >= 0.6 is 0 Å². The molecule has 1 rings (SSSR count). The molecule has 0 aliphatic carbocycles. The van der Waals surface area contributed by atoms with E-state index in [1.165, 1.54) is 0 Å². The molecule has 6 heteroatoms. The zero-order chi connectivity index (χ0) is 7.56. The summed E-state index contributed by atoms with van der Waals surface area (Å²) in [6, 6.07) is 0. The number of carboxylic acids is 1. The Labute approximate surface area is 75.0 Å². The van der Waals surface area contributed by atoms with Gasteiger partial charge in [0.05, 0.1) is 0 Å². The van der Waals surface area contributed by atoms with Crippen molar-refractivity contribution in [2.45, 2.75) is 13.3 Å². The van der Waals surface area contributed by atoms with Crippen LogP contribution in [-0.4, -0.2) is 16.1 Å². The summed E-state index contributed by atoms with van der Waals surface area (Å²) in [5, 5.41) is 13.4. The maximum atomic E-state index is 10.0. The first-order chi connectivity index (χ1) is 4.74. The number of rotatable bonds is 2. The Morgan fingerprint density at radius 2 is 2.36 bits per heavy atom. The van der Waals surface area contributed by atoms with Gasteiger partial charge in [-0.3, -0.25) is 0 Å². The van der Waals surface area contributed by atoms with Crippen LogP contribution in [0.2, 0.25) is 0 Å². The average molecular weight is 148 g/mol. The Hall–Kier alpha value is -0.793. The molecule has 0 aliphatic heterocycles. The number of aromatic carboxylic acids is 1. The van der Waals surface area contributed by atoms with Gasteiger partial charge < -0.3 is 14.4 Å². The maximum absolute atomic E-state index is 10.0. The first-order valence-corrected chi connectivity index (χ1v) is 2.78. The molecule has 1 aromatic heterocycles. The Kier molecular flexibility index (Phi) is 3.86. The zero-order valence-corrected chi connectivity index (χ0v) is 6.33. The summed E-state index contributed by atoms with van der Waals surface area (Å²) in [6.45, 7) is 1.80. The third-order valence-corrected chi connectivity index (χ3v) is 0.959. The minimum Gasteiger partial charge on any atom is -0.540 e. The molecule has 0 atom stereocenters. The van der Waals surface area contributed by atoms with Gasteiger partial charge in [-0.2, -0.15) is 4.98 Å². The molecule has 0 saturated carbocycles. The fourth-order valence-electron chi connectivity index (χ4n) is 0.480. The minimum atomic E-state index is -1.44. The quantitative estimate of drug-likeness (QED) is 0.399. The molecule has 0 unspecified atom stereocenters. The van der Waals surface area contributed by atoms with Gasteiger partial charge in [0.15, 0.2) is 5.82 Å². The van der Waals surface area contributed by atoms with Crippen LogP contribution < -0.4 is 24.0 Å². The van der Waals surface area contributed by atoms with Crippen LogP contribution in [0.5, 0.6) is 0 Å². The Morgan fingerprint density at radius 3 is 2.64 bits per heavy atom. The largest absolute Gasteiger partial charge is 1.00 e. The second-order valence-electron chi connectivity index (χ2n) is 1.66. The van der Waals surface area contributed by atoms with E-state index in [9.17, 15) is 9.90 Å². The number of aromatic nitrogens is 2. The van der Waals surface area contributed by atoms with E-state index in [0.717, 1.165) is 0 Å². The van der Waals surface area contributed by atoms with E-state index in [4.69, 9.17) is 0 Å². The summed E-state index contributed by atoms with van der Waals surface area (Å²) in [5.41, 5.74) is 0. The van der Waals surface area contributed by atoms with Crippen molar-refractivity contribution in [1.82, 2.24) is 10.1 Å². The fraction of sp³-hybridized carbons (Fsp3) is 0.400. The molecule has 0 aromatic carbocycles. The first-order valence-electron chi connectivity index (χ1n) is 2.78. The third kappa shape index (κ3) is 2.37. The zero-order valence-electron chi connectivity index (χ0n) is 6.33. The van der Waals surface area contributed by atoms with Gasteiger partial charge in [0.25, 0.3) is 5.89 Å². The van der Waals surface area contributed by atoms with E-state index >= 15 is 0 Å². The molecule has 0 radical (unpaired) electrons. The van der Waals surface area contributed by atoms with Gasteiger partial charge in [0.1, 0.15) is 5.97 Å². The molecular formula is C5H5LiN2O3. The number of carboxylic acid groups (broad SMARTS) is 1. The van der Waals surface area contributed by atoms with Crippen LogP contribution in [0.25, 0.3) is 0 Å². The van der Waals surface area contributed by atoms with Gasteiger partial charge in [0, 0.05) is 6.42 Å². The van der Waals surface area contributed by atoms with Crippen LogP contribution in [0.1, 0.15) is 23.4 Å². The van der Waals surface area contributed by atoms with Gasteiger partial charge in [-0.15, -0.1) is 0 Å². The Morgan fingerprint density at radius 1 is 1.73 bits per heavy atom. The molecule has 0 fully saturated rings.